The third-order valence-corrected chi connectivity index (χ3v) is 5.08. The van der Waals surface area contributed by atoms with Crippen LogP contribution in [0.15, 0.2) is 36.5 Å². The molecule has 23 heavy (non-hydrogen) atoms. The fraction of sp³-hybridized carbons (Fsp3) is 0.222. The third-order valence-electron chi connectivity index (χ3n) is 3.95. The van der Waals surface area contributed by atoms with E-state index >= 15 is 0 Å². The highest BCUT2D eigenvalue weighted by Crippen LogP contribution is 2.33. The predicted molar refractivity (Wildman–Crippen MR) is 97.2 cm³/mol. The van der Waals surface area contributed by atoms with Crippen LogP contribution in [0.5, 0.6) is 0 Å². The van der Waals surface area contributed by atoms with Gasteiger partial charge in [-0.05, 0) is 36.1 Å². The molecule has 0 bridgehead atoms. The summed E-state index contributed by atoms with van der Waals surface area (Å²) in [6, 6.07) is 9.84. The lowest BCUT2D eigenvalue weighted by Crippen LogP contribution is -2.15. The van der Waals surface area contributed by atoms with Crippen LogP contribution >= 0.6 is 11.3 Å². The average Bonchev–Trinajstić information content (AvgIpc) is 2.92. The number of nitrogens with zero attached hydrogens (tertiary/aromatic N) is 1. The standard InChI is InChI=1S/C18H19N3OS/c1-3-11-7-5-8-12(4-2)15(11)21-17(22)16-14(19)13-9-6-10-20-18(13)23-16/h5-10H,3-4,19H2,1-2H3,(H,21,22). The Bertz CT molecular complexity index is 848. The van der Waals surface area contributed by atoms with Crippen LogP contribution in [-0.2, 0) is 12.8 Å². The van der Waals surface area contributed by atoms with Crippen molar-refractivity contribution in [1.82, 2.24) is 4.98 Å². The smallest absolute Gasteiger partial charge is 0.267 e. The van der Waals surface area contributed by atoms with Crippen molar-refractivity contribution in [2.45, 2.75) is 26.7 Å². The molecule has 1 aromatic carbocycles. The minimum absolute atomic E-state index is 0.166. The largest absolute Gasteiger partial charge is 0.397 e. The number of nitrogen functional groups attached to an aromatic ring is 1. The second-order valence-electron chi connectivity index (χ2n) is 5.31. The Labute approximate surface area is 139 Å². The maximum absolute atomic E-state index is 12.7. The first kappa shape index (κ1) is 15.5. The molecule has 0 atom stereocenters. The Morgan fingerprint density at radius 3 is 2.48 bits per heavy atom. The lowest BCUT2D eigenvalue weighted by Gasteiger charge is -2.14. The molecule has 5 heteroatoms. The van der Waals surface area contributed by atoms with Crippen LogP contribution in [0.2, 0.25) is 0 Å². The number of pyridine rings is 1. The number of aromatic nitrogens is 1. The summed E-state index contributed by atoms with van der Waals surface area (Å²) in [5, 5.41) is 3.90. The number of amides is 1. The Morgan fingerprint density at radius 1 is 1.17 bits per heavy atom. The molecule has 1 amide bonds. The molecule has 0 fully saturated rings. The number of para-hydroxylation sites is 1. The molecular formula is C18H19N3OS. The number of carbonyl (C=O) groups excluding carboxylic acids is 1. The van der Waals surface area contributed by atoms with Gasteiger partial charge in [0.15, 0.2) is 0 Å². The van der Waals surface area contributed by atoms with Gasteiger partial charge in [0.1, 0.15) is 9.71 Å². The summed E-state index contributed by atoms with van der Waals surface area (Å²) in [7, 11) is 0. The summed E-state index contributed by atoms with van der Waals surface area (Å²) in [6.45, 7) is 4.17. The number of nitrogens with two attached hydrogens (primary N) is 1. The number of hydrogen-bond donors (Lipinski definition) is 2. The maximum Gasteiger partial charge on any atom is 0.267 e. The van der Waals surface area contributed by atoms with E-state index in [2.05, 4.69) is 24.1 Å². The fourth-order valence-corrected chi connectivity index (χ4v) is 3.65. The van der Waals surface area contributed by atoms with Crippen LogP contribution < -0.4 is 11.1 Å². The molecule has 0 radical (unpaired) electrons. The quantitative estimate of drug-likeness (QED) is 0.753. The molecule has 0 saturated heterocycles. The first-order valence-corrected chi connectivity index (χ1v) is 8.52. The van der Waals surface area contributed by atoms with Crippen LogP contribution in [0.1, 0.15) is 34.6 Å². The molecule has 0 aliphatic rings. The number of fused-ring (bicyclic) bond motifs is 1. The van der Waals surface area contributed by atoms with Gasteiger partial charge < -0.3 is 11.1 Å². The van der Waals surface area contributed by atoms with E-state index in [1.165, 1.54) is 11.3 Å². The van der Waals surface area contributed by atoms with E-state index in [9.17, 15) is 4.79 Å². The number of nitrogens with one attached hydrogen (secondary N) is 1. The Hall–Kier alpha value is -2.40. The van der Waals surface area contributed by atoms with E-state index in [0.29, 0.717) is 10.6 Å². The van der Waals surface area contributed by atoms with Crippen LogP contribution in [0, 0.1) is 0 Å². The summed E-state index contributed by atoms with van der Waals surface area (Å²) in [4.78, 5) is 18.3. The maximum atomic E-state index is 12.7. The van der Waals surface area contributed by atoms with Crippen molar-refractivity contribution in [3.63, 3.8) is 0 Å². The van der Waals surface area contributed by atoms with E-state index in [1.807, 2.05) is 30.3 Å². The summed E-state index contributed by atoms with van der Waals surface area (Å²) >= 11 is 1.33. The zero-order chi connectivity index (χ0) is 16.4. The Balaban J connectivity index is 2.00. The molecule has 3 N–H and O–H groups in total. The average molecular weight is 325 g/mol. The topological polar surface area (TPSA) is 68.0 Å². The van der Waals surface area contributed by atoms with Crippen molar-refractivity contribution in [2.24, 2.45) is 0 Å². The number of aryl methyl sites for hydroxylation is 2. The highest BCUT2D eigenvalue weighted by Gasteiger charge is 2.18. The second-order valence-corrected chi connectivity index (χ2v) is 6.31. The summed E-state index contributed by atoms with van der Waals surface area (Å²) in [5.41, 5.74) is 9.83. The van der Waals surface area contributed by atoms with E-state index in [0.717, 1.165) is 39.9 Å². The fourth-order valence-electron chi connectivity index (χ4n) is 2.69. The second kappa shape index (κ2) is 6.38. The third kappa shape index (κ3) is 2.80. The molecule has 118 valence electrons. The van der Waals surface area contributed by atoms with Crippen molar-refractivity contribution >= 4 is 38.8 Å². The zero-order valence-electron chi connectivity index (χ0n) is 13.2. The summed E-state index contributed by atoms with van der Waals surface area (Å²) in [5.74, 6) is -0.166. The van der Waals surface area contributed by atoms with E-state index in [1.54, 1.807) is 6.20 Å². The molecule has 0 aliphatic heterocycles. The van der Waals surface area contributed by atoms with E-state index in [4.69, 9.17) is 5.73 Å². The van der Waals surface area contributed by atoms with Crippen LogP contribution in [0.4, 0.5) is 11.4 Å². The minimum atomic E-state index is -0.166. The summed E-state index contributed by atoms with van der Waals surface area (Å²) < 4.78 is 0. The lowest BCUT2D eigenvalue weighted by molar-refractivity contribution is 0.103. The normalized spacial score (nSPS) is 10.9. The van der Waals surface area contributed by atoms with E-state index in [-0.39, 0.29) is 5.91 Å². The molecule has 0 unspecified atom stereocenters. The van der Waals surface area contributed by atoms with Gasteiger partial charge in [-0.25, -0.2) is 4.98 Å². The Kier molecular flexibility index (Phi) is 4.30. The van der Waals surface area contributed by atoms with Gasteiger partial charge in [-0.1, -0.05) is 32.0 Å². The van der Waals surface area contributed by atoms with Gasteiger partial charge in [0.2, 0.25) is 0 Å². The van der Waals surface area contributed by atoms with Gasteiger partial charge in [-0.15, -0.1) is 11.3 Å². The van der Waals surface area contributed by atoms with Crippen molar-refractivity contribution in [2.75, 3.05) is 11.1 Å². The molecule has 3 aromatic rings. The SMILES string of the molecule is CCc1cccc(CC)c1NC(=O)c1sc2ncccc2c1N. The van der Waals surface area contributed by atoms with Gasteiger partial charge in [0, 0.05) is 17.3 Å². The highest BCUT2D eigenvalue weighted by atomic mass is 32.1. The molecule has 0 aliphatic carbocycles. The van der Waals surface area contributed by atoms with Crippen molar-refractivity contribution < 1.29 is 4.79 Å². The van der Waals surface area contributed by atoms with Gasteiger partial charge in [-0.3, -0.25) is 4.79 Å². The lowest BCUT2D eigenvalue weighted by atomic mass is 10.0. The molecule has 2 aromatic heterocycles. The van der Waals surface area contributed by atoms with Crippen molar-refractivity contribution in [3.8, 4) is 0 Å². The number of carbonyl (C=O) groups is 1. The van der Waals surface area contributed by atoms with Crippen molar-refractivity contribution in [3.05, 3.63) is 52.5 Å². The number of rotatable bonds is 4. The molecule has 4 nitrogen and oxygen atoms in total. The minimum Gasteiger partial charge on any atom is -0.397 e. The monoisotopic (exact) mass is 325 g/mol. The van der Waals surface area contributed by atoms with Gasteiger partial charge >= 0.3 is 0 Å². The zero-order valence-corrected chi connectivity index (χ0v) is 14.0. The molecule has 0 saturated carbocycles. The summed E-state index contributed by atoms with van der Waals surface area (Å²) in [6.07, 6.45) is 3.45. The molecule has 0 spiro atoms. The number of hydrogen-bond acceptors (Lipinski definition) is 4. The van der Waals surface area contributed by atoms with Gasteiger partial charge in [-0.2, -0.15) is 0 Å². The van der Waals surface area contributed by atoms with Gasteiger partial charge in [0.25, 0.3) is 5.91 Å². The molecule has 2 heterocycles. The van der Waals surface area contributed by atoms with Crippen molar-refractivity contribution in [1.29, 1.82) is 0 Å². The number of thiophene rings is 1. The first-order valence-electron chi connectivity index (χ1n) is 7.70. The Morgan fingerprint density at radius 2 is 1.87 bits per heavy atom. The van der Waals surface area contributed by atoms with Gasteiger partial charge in [0.05, 0.1) is 5.69 Å². The van der Waals surface area contributed by atoms with Crippen LogP contribution in [-0.4, -0.2) is 10.9 Å². The molecular weight excluding hydrogens is 306 g/mol. The van der Waals surface area contributed by atoms with Crippen LogP contribution in [0.3, 0.4) is 0 Å². The number of anilines is 2. The van der Waals surface area contributed by atoms with E-state index < -0.39 is 0 Å². The van der Waals surface area contributed by atoms with Crippen LogP contribution in [0.25, 0.3) is 10.2 Å². The first-order chi connectivity index (χ1) is 11.2. The number of benzene rings is 1. The predicted octanol–water partition coefficient (Wildman–Crippen LogP) is 4.26. The molecule has 3 rings (SSSR count). The highest BCUT2D eigenvalue weighted by molar-refractivity contribution is 7.21.